The van der Waals surface area contributed by atoms with Crippen LogP contribution in [0.25, 0.3) is 0 Å². The maximum atomic E-state index is 12.5. The number of nitrogens with two attached hydrogens (primary N) is 3. The van der Waals surface area contributed by atoms with Gasteiger partial charge in [-0.15, -0.1) is 0 Å². The van der Waals surface area contributed by atoms with Crippen LogP contribution in [0.5, 0.6) is 0 Å². The summed E-state index contributed by atoms with van der Waals surface area (Å²) in [5.74, 6) is -2.93. The predicted octanol–water partition coefficient (Wildman–Crippen LogP) is -2.15. The SMILES string of the molecule is CCC(C)C(NC(=O)C(N)CCCN=C(N)N)C(=O)NC(C(=O)O)C(C)O. The molecule has 0 saturated heterocycles. The van der Waals surface area contributed by atoms with Crippen molar-refractivity contribution in [2.45, 2.75) is 64.3 Å². The number of guanidine groups is 1. The molecule has 0 rings (SSSR count). The van der Waals surface area contributed by atoms with E-state index in [1.54, 1.807) is 6.92 Å². The third kappa shape index (κ3) is 9.20. The number of carbonyl (C=O) groups excluding carboxylic acids is 2. The topological polar surface area (TPSA) is 206 Å². The van der Waals surface area contributed by atoms with E-state index in [1.807, 2.05) is 6.92 Å². The average Bonchev–Trinajstić information content (AvgIpc) is 2.58. The van der Waals surface area contributed by atoms with Crippen LogP contribution in [0.2, 0.25) is 0 Å². The van der Waals surface area contributed by atoms with E-state index >= 15 is 0 Å². The number of carbonyl (C=O) groups is 3. The van der Waals surface area contributed by atoms with Crippen LogP contribution in [0.15, 0.2) is 4.99 Å². The molecule has 0 aliphatic heterocycles. The molecule has 27 heavy (non-hydrogen) atoms. The quantitative estimate of drug-likeness (QED) is 0.111. The average molecular weight is 388 g/mol. The van der Waals surface area contributed by atoms with E-state index in [2.05, 4.69) is 15.6 Å². The van der Waals surface area contributed by atoms with Crippen molar-refractivity contribution < 1.29 is 24.6 Å². The monoisotopic (exact) mass is 388 g/mol. The minimum Gasteiger partial charge on any atom is -0.480 e. The molecule has 5 atom stereocenters. The first kappa shape index (κ1) is 24.6. The van der Waals surface area contributed by atoms with Crippen molar-refractivity contribution >= 4 is 23.7 Å². The molecule has 0 aromatic rings. The van der Waals surface area contributed by atoms with E-state index in [9.17, 15) is 19.5 Å². The molecule has 0 aliphatic rings. The van der Waals surface area contributed by atoms with Gasteiger partial charge in [-0.05, 0) is 25.7 Å². The maximum absolute atomic E-state index is 12.5. The van der Waals surface area contributed by atoms with Gasteiger partial charge < -0.3 is 38.0 Å². The Morgan fingerprint density at radius 1 is 1.07 bits per heavy atom. The van der Waals surface area contributed by atoms with Crippen LogP contribution in [-0.2, 0) is 14.4 Å². The highest BCUT2D eigenvalue weighted by Gasteiger charge is 2.32. The second-order valence-electron chi connectivity index (χ2n) is 6.49. The smallest absolute Gasteiger partial charge is 0.328 e. The Kier molecular flexibility index (Phi) is 11.0. The number of carboxylic acids is 1. The van der Waals surface area contributed by atoms with E-state index in [-0.39, 0.29) is 11.9 Å². The summed E-state index contributed by atoms with van der Waals surface area (Å²) in [5, 5.41) is 23.4. The third-order valence-electron chi connectivity index (χ3n) is 4.14. The fourth-order valence-electron chi connectivity index (χ4n) is 2.24. The minimum absolute atomic E-state index is 0.0485. The summed E-state index contributed by atoms with van der Waals surface area (Å²) in [6.07, 6.45) is 0.0564. The summed E-state index contributed by atoms with van der Waals surface area (Å²) in [7, 11) is 0. The lowest BCUT2D eigenvalue weighted by Gasteiger charge is -2.27. The molecule has 0 radical (unpaired) electrons. The normalized spacial score (nSPS) is 16.3. The van der Waals surface area contributed by atoms with Crippen molar-refractivity contribution in [1.82, 2.24) is 10.6 Å². The van der Waals surface area contributed by atoms with E-state index in [0.717, 1.165) is 0 Å². The molecule has 0 aromatic carbocycles. The number of nitrogens with zero attached hydrogens (tertiary/aromatic N) is 1. The zero-order valence-corrected chi connectivity index (χ0v) is 16.0. The van der Waals surface area contributed by atoms with Gasteiger partial charge in [0.25, 0.3) is 0 Å². The number of nitrogens with one attached hydrogen (secondary N) is 2. The Morgan fingerprint density at radius 2 is 1.63 bits per heavy atom. The number of hydrogen-bond donors (Lipinski definition) is 7. The van der Waals surface area contributed by atoms with Crippen LogP contribution in [0.4, 0.5) is 0 Å². The Morgan fingerprint density at radius 3 is 2.07 bits per heavy atom. The molecule has 0 aliphatic carbocycles. The van der Waals surface area contributed by atoms with Crippen molar-refractivity contribution in [3.05, 3.63) is 0 Å². The molecule has 5 unspecified atom stereocenters. The summed E-state index contributed by atoms with van der Waals surface area (Å²) in [4.78, 5) is 39.7. The highest BCUT2D eigenvalue weighted by Crippen LogP contribution is 2.10. The van der Waals surface area contributed by atoms with Crippen molar-refractivity contribution in [3.63, 3.8) is 0 Å². The highest BCUT2D eigenvalue weighted by molar-refractivity contribution is 5.92. The van der Waals surface area contributed by atoms with Crippen molar-refractivity contribution in [3.8, 4) is 0 Å². The van der Waals surface area contributed by atoms with E-state index in [0.29, 0.717) is 25.8 Å². The second kappa shape index (κ2) is 12.1. The van der Waals surface area contributed by atoms with Crippen molar-refractivity contribution in [2.24, 2.45) is 28.1 Å². The van der Waals surface area contributed by atoms with Crippen LogP contribution in [0.3, 0.4) is 0 Å². The second-order valence-corrected chi connectivity index (χ2v) is 6.49. The zero-order chi connectivity index (χ0) is 21.1. The first-order valence-corrected chi connectivity index (χ1v) is 8.83. The van der Waals surface area contributed by atoms with Crippen LogP contribution in [-0.4, -0.2) is 64.7 Å². The summed E-state index contributed by atoms with van der Waals surface area (Å²) in [6, 6.07) is -3.33. The van der Waals surface area contributed by atoms with Crippen LogP contribution >= 0.6 is 0 Å². The molecule has 0 fully saturated rings. The maximum Gasteiger partial charge on any atom is 0.328 e. The summed E-state index contributed by atoms with van der Waals surface area (Å²) >= 11 is 0. The Balaban J connectivity index is 4.94. The molecule has 11 nitrogen and oxygen atoms in total. The van der Waals surface area contributed by atoms with Gasteiger partial charge >= 0.3 is 5.97 Å². The summed E-state index contributed by atoms with van der Waals surface area (Å²) < 4.78 is 0. The van der Waals surface area contributed by atoms with Gasteiger partial charge in [0.2, 0.25) is 11.8 Å². The number of aliphatic hydroxyl groups excluding tert-OH is 1. The predicted molar refractivity (Wildman–Crippen MR) is 101 cm³/mol. The van der Waals surface area contributed by atoms with Gasteiger partial charge in [0.15, 0.2) is 12.0 Å². The van der Waals surface area contributed by atoms with Crippen LogP contribution < -0.4 is 27.8 Å². The van der Waals surface area contributed by atoms with Crippen molar-refractivity contribution in [1.29, 1.82) is 0 Å². The number of hydrogen-bond acceptors (Lipinski definition) is 6. The third-order valence-corrected chi connectivity index (χ3v) is 4.14. The number of rotatable bonds is 12. The number of carboxylic acid groups (broad SMARTS) is 1. The molecule has 0 aromatic heterocycles. The van der Waals surface area contributed by atoms with Crippen molar-refractivity contribution in [2.75, 3.05) is 6.54 Å². The van der Waals surface area contributed by atoms with E-state index in [1.165, 1.54) is 6.92 Å². The Bertz CT molecular complexity index is 535. The first-order chi connectivity index (χ1) is 12.5. The Labute approximate surface area is 158 Å². The first-order valence-electron chi connectivity index (χ1n) is 8.83. The standard InChI is InChI=1S/C16H32N6O5/c1-4-8(2)11(14(25)22-12(9(3)23)15(26)27)21-13(24)10(17)6-5-7-20-16(18)19/h8-12,23H,4-7,17H2,1-3H3,(H,21,24)(H,22,25)(H,26,27)(H4,18,19,20). The molecular formula is C16H32N6O5. The van der Waals surface area contributed by atoms with Gasteiger partial charge in [0.1, 0.15) is 6.04 Å². The molecule has 11 heteroatoms. The fraction of sp³-hybridized carbons (Fsp3) is 0.750. The zero-order valence-electron chi connectivity index (χ0n) is 16.0. The molecule has 2 amide bonds. The largest absolute Gasteiger partial charge is 0.480 e. The summed E-state index contributed by atoms with van der Waals surface area (Å²) in [5.41, 5.74) is 16.3. The lowest BCUT2D eigenvalue weighted by molar-refractivity contribution is -0.145. The Hall–Kier alpha value is -2.40. The number of aliphatic hydroxyl groups is 1. The van der Waals surface area contributed by atoms with Gasteiger partial charge in [-0.2, -0.15) is 0 Å². The lowest BCUT2D eigenvalue weighted by Crippen LogP contribution is -2.58. The number of amides is 2. The van der Waals surface area contributed by atoms with Gasteiger partial charge in [0.05, 0.1) is 12.1 Å². The van der Waals surface area contributed by atoms with Gasteiger partial charge in [-0.1, -0.05) is 20.3 Å². The van der Waals surface area contributed by atoms with E-state index in [4.69, 9.17) is 22.3 Å². The highest BCUT2D eigenvalue weighted by atomic mass is 16.4. The fourth-order valence-corrected chi connectivity index (χ4v) is 2.24. The molecular weight excluding hydrogens is 356 g/mol. The van der Waals surface area contributed by atoms with Gasteiger partial charge in [-0.3, -0.25) is 14.6 Å². The number of aliphatic imine (C=N–C) groups is 1. The van der Waals surface area contributed by atoms with Gasteiger partial charge in [-0.25, -0.2) is 4.79 Å². The minimum atomic E-state index is -1.48. The van der Waals surface area contributed by atoms with E-state index < -0.39 is 42.0 Å². The molecule has 0 bridgehead atoms. The van der Waals surface area contributed by atoms with Crippen LogP contribution in [0, 0.1) is 5.92 Å². The summed E-state index contributed by atoms with van der Waals surface area (Å²) in [6.45, 7) is 5.15. The molecule has 0 spiro atoms. The molecule has 156 valence electrons. The molecule has 0 heterocycles. The molecule has 10 N–H and O–H groups in total. The lowest BCUT2D eigenvalue weighted by atomic mass is 9.97. The van der Waals surface area contributed by atoms with Gasteiger partial charge in [0, 0.05) is 6.54 Å². The molecule has 0 saturated carbocycles. The number of aliphatic carboxylic acids is 1. The van der Waals surface area contributed by atoms with Crippen LogP contribution in [0.1, 0.15) is 40.0 Å².